The highest BCUT2D eigenvalue weighted by molar-refractivity contribution is 8.00. The molecule has 0 aliphatic rings. The first kappa shape index (κ1) is 20.8. The van der Waals surface area contributed by atoms with E-state index < -0.39 is 12.1 Å². The third kappa shape index (κ3) is 6.64. The molecule has 0 aliphatic heterocycles. The summed E-state index contributed by atoms with van der Waals surface area (Å²) in [7, 11) is 1.60. The maximum atomic E-state index is 12.1. The molecule has 0 saturated heterocycles. The molecule has 0 fully saturated rings. The van der Waals surface area contributed by atoms with Gasteiger partial charge in [-0.05, 0) is 50.1 Å². The van der Waals surface area contributed by atoms with Crippen LogP contribution in [-0.2, 0) is 20.9 Å². The lowest BCUT2D eigenvalue weighted by Crippen LogP contribution is -2.35. The predicted octanol–water partition coefficient (Wildman–Crippen LogP) is 3.65. The molecule has 1 atom stereocenters. The maximum Gasteiger partial charge on any atom is 0.317 e. The molecule has 2 aromatic rings. The summed E-state index contributed by atoms with van der Waals surface area (Å²) >= 11 is 1.42. The van der Waals surface area contributed by atoms with Gasteiger partial charge in [0.1, 0.15) is 5.75 Å². The molecule has 2 rings (SSSR count). The average molecular weight is 388 g/mol. The first-order valence-electron chi connectivity index (χ1n) is 8.69. The molecule has 27 heavy (non-hydrogen) atoms. The van der Waals surface area contributed by atoms with E-state index in [0.717, 1.165) is 27.3 Å². The fourth-order valence-electron chi connectivity index (χ4n) is 2.36. The van der Waals surface area contributed by atoms with Gasteiger partial charge < -0.3 is 14.8 Å². The van der Waals surface area contributed by atoms with E-state index in [0.29, 0.717) is 6.54 Å². The molecule has 0 radical (unpaired) electrons. The maximum absolute atomic E-state index is 12.1. The van der Waals surface area contributed by atoms with Crippen LogP contribution in [0.15, 0.2) is 47.4 Å². The molecule has 144 valence electrons. The smallest absolute Gasteiger partial charge is 0.317 e. The number of rotatable bonds is 8. The Morgan fingerprint density at radius 2 is 1.81 bits per heavy atom. The Morgan fingerprint density at radius 3 is 2.48 bits per heavy atom. The number of ether oxygens (including phenoxy) is 2. The van der Waals surface area contributed by atoms with E-state index >= 15 is 0 Å². The minimum Gasteiger partial charge on any atom is -0.497 e. The number of hydrogen-bond acceptors (Lipinski definition) is 5. The molecular formula is C21H25NO4S. The molecule has 0 bridgehead atoms. The lowest BCUT2D eigenvalue weighted by molar-refractivity contribution is -0.152. The SMILES string of the molecule is COc1ccc(CNC(=O)[C@@H](C)OC(=O)CSc2cc(C)ccc2C)cc1. The number of esters is 1. The second kappa shape index (κ2) is 10.0. The fraction of sp³-hybridized carbons (Fsp3) is 0.333. The van der Waals surface area contributed by atoms with Crippen LogP contribution in [0, 0.1) is 13.8 Å². The van der Waals surface area contributed by atoms with Crippen molar-refractivity contribution in [3.05, 3.63) is 59.2 Å². The van der Waals surface area contributed by atoms with Crippen LogP contribution in [0.4, 0.5) is 0 Å². The fourth-order valence-corrected chi connectivity index (χ4v) is 3.27. The summed E-state index contributed by atoms with van der Waals surface area (Å²) in [4.78, 5) is 25.2. The van der Waals surface area contributed by atoms with Crippen LogP contribution in [0.25, 0.3) is 0 Å². The second-order valence-electron chi connectivity index (χ2n) is 6.26. The van der Waals surface area contributed by atoms with Crippen LogP contribution in [-0.4, -0.2) is 30.8 Å². The van der Waals surface area contributed by atoms with Crippen LogP contribution in [0.1, 0.15) is 23.6 Å². The largest absolute Gasteiger partial charge is 0.497 e. The summed E-state index contributed by atoms with van der Waals surface area (Å²) in [6, 6.07) is 13.5. The Balaban J connectivity index is 1.77. The van der Waals surface area contributed by atoms with Gasteiger partial charge >= 0.3 is 5.97 Å². The summed E-state index contributed by atoms with van der Waals surface area (Å²) in [6.07, 6.45) is -0.838. The molecule has 0 aliphatic carbocycles. The molecule has 0 heterocycles. The molecule has 1 N–H and O–H groups in total. The lowest BCUT2D eigenvalue weighted by Gasteiger charge is -2.14. The van der Waals surface area contributed by atoms with E-state index in [1.807, 2.05) is 56.3 Å². The number of aryl methyl sites for hydroxylation is 2. The van der Waals surface area contributed by atoms with E-state index in [9.17, 15) is 9.59 Å². The number of thioether (sulfide) groups is 1. The zero-order valence-corrected chi connectivity index (χ0v) is 16.9. The molecule has 0 unspecified atom stereocenters. The van der Waals surface area contributed by atoms with Crippen molar-refractivity contribution in [3.63, 3.8) is 0 Å². The molecular weight excluding hydrogens is 362 g/mol. The number of carbonyl (C=O) groups is 2. The topological polar surface area (TPSA) is 64.6 Å². The van der Waals surface area contributed by atoms with Crippen molar-refractivity contribution in [1.29, 1.82) is 0 Å². The van der Waals surface area contributed by atoms with E-state index in [2.05, 4.69) is 5.32 Å². The first-order chi connectivity index (χ1) is 12.9. The Hall–Kier alpha value is -2.47. The highest BCUT2D eigenvalue weighted by Gasteiger charge is 2.18. The summed E-state index contributed by atoms with van der Waals surface area (Å²) < 4.78 is 10.3. The Labute approximate surface area is 164 Å². The summed E-state index contributed by atoms with van der Waals surface area (Å²) in [5.41, 5.74) is 3.19. The minimum absolute atomic E-state index is 0.167. The van der Waals surface area contributed by atoms with E-state index in [4.69, 9.17) is 9.47 Å². The van der Waals surface area contributed by atoms with Gasteiger partial charge in [0, 0.05) is 11.4 Å². The van der Waals surface area contributed by atoms with Crippen molar-refractivity contribution in [1.82, 2.24) is 5.32 Å². The van der Waals surface area contributed by atoms with Gasteiger partial charge in [0.2, 0.25) is 0 Å². The first-order valence-corrected chi connectivity index (χ1v) is 9.67. The van der Waals surface area contributed by atoms with Gasteiger partial charge in [-0.2, -0.15) is 0 Å². The van der Waals surface area contributed by atoms with E-state index in [1.165, 1.54) is 11.8 Å². The quantitative estimate of drug-likeness (QED) is 0.553. The lowest BCUT2D eigenvalue weighted by atomic mass is 10.2. The van der Waals surface area contributed by atoms with Crippen molar-refractivity contribution in [2.75, 3.05) is 12.9 Å². The molecule has 2 aromatic carbocycles. The summed E-state index contributed by atoms with van der Waals surface area (Å²) in [5.74, 6) is 0.193. The molecule has 6 heteroatoms. The standard InChI is InChI=1S/C21H25NO4S/c1-14-5-6-15(2)19(11-14)27-13-20(23)26-16(3)21(24)22-12-17-7-9-18(25-4)10-8-17/h5-11,16H,12-13H2,1-4H3,(H,22,24)/t16-/m1/s1. The highest BCUT2D eigenvalue weighted by atomic mass is 32.2. The van der Waals surface area contributed by atoms with Gasteiger partial charge in [-0.1, -0.05) is 29.8 Å². The number of carbonyl (C=O) groups excluding carboxylic acids is 2. The van der Waals surface area contributed by atoms with Gasteiger partial charge in [0.05, 0.1) is 12.9 Å². The van der Waals surface area contributed by atoms with Crippen molar-refractivity contribution in [3.8, 4) is 5.75 Å². The van der Waals surface area contributed by atoms with Gasteiger partial charge in [-0.3, -0.25) is 9.59 Å². The van der Waals surface area contributed by atoms with Crippen LogP contribution < -0.4 is 10.1 Å². The van der Waals surface area contributed by atoms with Gasteiger partial charge in [0.25, 0.3) is 5.91 Å². The zero-order valence-electron chi connectivity index (χ0n) is 16.1. The number of hydrogen-bond donors (Lipinski definition) is 1. The summed E-state index contributed by atoms with van der Waals surface area (Å²) in [5, 5.41) is 2.77. The predicted molar refractivity (Wildman–Crippen MR) is 107 cm³/mol. The van der Waals surface area contributed by atoms with Crippen molar-refractivity contribution < 1.29 is 19.1 Å². The summed E-state index contributed by atoms with van der Waals surface area (Å²) in [6.45, 7) is 5.95. The van der Waals surface area contributed by atoms with Crippen LogP contribution in [0.2, 0.25) is 0 Å². The number of benzene rings is 2. The van der Waals surface area contributed by atoms with Crippen molar-refractivity contribution in [2.24, 2.45) is 0 Å². The van der Waals surface area contributed by atoms with E-state index in [1.54, 1.807) is 14.0 Å². The second-order valence-corrected chi connectivity index (χ2v) is 7.27. The molecule has 5 nitrogen and oxygen atoms in total. The van der Waals surface area contributed by atoms with Crippen LogP contribution in [0.5, 0.6) is 5.75 Å². The minimum atomic E-state index is -0.838. The highest BCUT2D eigenvalue weighted by Crippen LogP contribution is 2.23. The normalized spacial score (nSPS) is 11.6. The Bertz CT molecular complexity index is 789. The third-order valence-corrected chi connectivity index (χ3v) is 5.12. The number of nitrogens with one attached hydrogen (secondary N) is 1. The Kier molecular flexibility index (Phi) is 7.73. The van der Waals surface area contributed by atoms with Crippen molar-refractivity contribution >= 4 is 23.6 Å². The average Bonchev–Trinajstić information content (AvgIpc) is 2.67. The van der Waals surface area contributed by atoms with E-state index in [-0.39, 0.29) is 11.7 Å². The molecule has 0 aromatic heterocycles. The third-order valence-electron chi connectivity index (χ3n) is 3.99. The Morgan fingerprint density at radius 1 is 1.11 bits per heavy atom. The molecule has 1 amide bonds. The monoisotopic (exact) mass is 387 g/mol. The molecule has 0 spiro atoms. The number of amides is 1. The van der Waals surface area contributed by atoms with Gasteiger partial charge in [-0.25, -0.2) is 0 Å². The van der Waals surface area contributed by atoms with Gasteiger partial charge in [0.15, 0.2) is 6.10 Å². The number of methoxy groups -OCH3 is 1. The molecule has 0 saturated carbocycles. The zero-order chi connectivity index (χ0) is 19.8. The van der Waals surface area contributed by atoms with Gasteiger partial charge in [-0.15, -0.1) is 11.8 Å². The van der Waals surface area contributed by atoms with Crippen molar-refractivity contribution in [2.45, 2.75) is 38.3 Å². The van der Waals surface area contributed by atoms with Crippen LogP contribution in [0.3, 0.4) is 0 Å². The van der Waals surface area contributed by atoms with Crippen LogP contribution >= 0.6 is 11.8 Å².